The minimum Gasteiger partial charge on any atom is -0.330 e. The summed E-state index contributed by atoms with van der Waals surface area (Å²) >= 11 is 0. The molecule has 0 aromatic heterocycles. The number of alkyl halides is 3. The maximum absolute atomic E-state index is 11.5. The van der Waals surface area contributed by atoms with Crippen LogP contribution in [0.2, 0.25) is 0 Å². The van der Waals surface area contributed by atoms with Gasteiger partial charge in [-0.25, -0.2) is 0 Å². The van der Waals surface area contributed by atoms with E-state index in [4.69, 9.17) is 5.73 Å². The summed E-state index contributed by atoms with van der Waals surface area (Å²) in [5.74, 6) is 0. The van der Waals surface area contributed by atoms with E-state index in [0.717, 1.165) is 0 Å². The largest absolute Gasteiger partial charge is 0.403 e. The molecular weight excluding hydrogens is 133 g/mol. The van der Waals surface area contributed by atoms with Crippen molar-refractivity contribution in [3.8, 4) is 0 Å². The molecule has 0 aliphatic carbocycles. The summed E-state index contributed by atoms with van der Waals surface area (Å²) in [6.45, 7) is -0.0271. The summed E-state index contributed by atoms with van der Waals surface area (Å²) in [6.07, 6.45) is -4.50. The highest BCUT2D eigenvalue weighted by Crippen LogP contribution is 2.19. The van der Waals surface area contributed by atoms with Gasteiger partial charge in [-0.2, -0.15) is 13.2 Å². The lowest BCUT2D eigenvalue weighted by molar-refractivity contribution is -0.148. The first-order valence-corrected chi connectivity index (χ1v) is 2.51. The van der Waals surface area contributed by atoms with E-state index in [1.165, 1.54) is 0 Å². The highest BCUT2D eigenvalue weighted by molar-refractivity contribution is 4.69. The van der Waals surface area contributed by atoms with Crippen molar-refractivity contribution in [2.45, 2.75) is 18.6 Å². The monoisotopic (exact) mass is 142 g/mol. The third-order valence-corrected chi connectivity index (χ3v) is 0.898. The van der Waals surface area contributed by atoms with Crippen molar-refractivity contribution in [2.75, 3.05) is 6.54 Å². The molecule has 0 saturated carbocycles. The van der Waals surface area contributed by atoms with Gasteiger partial charge in [0.15, 0.2) is 0 Å². The lowest BCUT2D eigenvalue weighted by Crippen LogP contribution is -2.38. The molecule has 2 nitrogen and oxygen atoms in total. The van der Waals surface area contributed by atoms with Gasteiger partial charge >= 0.3 is 6.18 Å². The lowest BCUT2D eigenvalue weighted by atomic mass is 10.2. The van der Waals surface area contributed by atoms with E-state index in [2.05, 4.69) is 5.73 Å². The molecule has 9 heavy (non-hydrogen) atoms. The fourth-order valence-corrected chi connectivity index (χ4v) is 0.343. The molecule has 0 aliphatic rings. The Hall–Kier alpha value is -0.290. The summed E-state index contributed by atoms with van der Waals surface area (Å²) in [4.78, 5) is 0. The Bertz CT molecular complexity index is 80.4. The third-order valence-electron chi connectivity index (χ3n) is 0.898. The molecule has 1 atom stereocenters. The van der Waals surface area contributed by atoms with E-state index in [-0.39, 0.29) is 13.0 Å². The van der Waals surface area contributed by atoms with Gasteiger partial charge < -0.3 is 11.5 Å². The first-order chi connectivity index (χ1) is 3.98. The molecule has 0 heterocycles. The van der Waals surface area contributed by atoms with Crippen LogP contribution >= 0.6 is 0 Å². The minimum atomic E-state index is -4.29. The van der Waals surface area contributed by atoms with Gasteiger partial charge in [-0.3, -0.25) is 0 Å². The molecule has 0 fully saturated rings. The van der Waals surface area contributed by atoms with E-state index >= 15 is 0 Å². The predicted molar refractivity (Wildman–Crippen MR) is 27.7 cm³/mol. The highest BCUT2D eigenvalue weighted by Gasteiger charge is 2.35. The van der Waals surface area contributed by atoms with E-state index in [1.807, 2.05) is 0 Å². The van der Waals surface area contributed by atoms with Crippen LogP contribution in [-0.4, -0.2) is 18.8 Å². The van der Waals surface area contributed by atoms with Gasteiger partial charge in [-0.1, -0.05) is 0 Å². The van der Waals surface area contributed by atoms with Crippen LogP contribution in [0.5, 0.6) is 0 Å². The van der Waals surface area contributed by atoms with Gasteiger partial charge in [0.25, 0.3) is 0 Å². The van der Waals surface area contributed by atoms with Crippen LogP contribution in [-0.2, 0) is 0 Å². The Morgan fingerprint density at radius 3 is 1.89 bits per heavy atom. The zero-order valence-corrected chi connectivity index (χ0v) is 4.78. The van der Waals surface area contributed by atoms with Crippen LogP contribution in [0.25, 0.3) is 0 Å². The number of halogens is 3. The van der Waals surface area contributed by atoms with E-state index in [0.29, 0.717) is 0 Å². The number of hydrogen-bond acceptors (Lipinski definition) is 2. The average Bonchev–Trinajstić information content (AvgIpc) is 1.64. The predicted octanol–water partition coefficient (Wildman–Crippen LogP) is 0.225. The van der Waals surface area contributed by atoms with Crippen LogP contribution in [0, 0.1) is 0 Å². The van der Waals surface area contributed by atoms with Crippen LogP contribution in [0.1, 0.15) is 6.42 Å². The summed E-state index contributed by atoms with van der Waals surface area (Å²) in [7, 11) is 0. The maximum atomic E-state index is 11.5. The second-order valence-corrected chi connectivity index (χ2v) is 1.73. The van der Waals surface area contributed by atoms with Crippen molar-refractivity contribution < 1.29 is 13.2 Å². The van der Waals surface area contributed by atoms with Crippen molar-refractivity contribution in [2.24, 2.45) is 11.5 Å². The first kappa shape index (κ1) is 8.71. The molecule has 0 spiro atoms. The fourth-order valence-electron chi connectivity index (χ4n) is 0.343. The molecule has 4 N–H and O–H groups in total. The van der Waals surface area contributed by atoms with Crippen LogP contribution < -0.4 is 11.5 Å². The highest BCUT2D eigenvalue weighted by atomic mass is 19.4. The molecule has 0 rings (SSSR count). The van der Waals surface area contributed by atoms with Crippen LogP contribution in [0.3, 0.4) is 0 Å². The SMILES string of the molecule is NCCC(N)C(F)(F)F. The molecule has 0 amide bonds. The van der Waals surface area contributed by atoms with E-state index in [1.54, 1.807) is 0 Å². The summed E-state index contributed by atoms with van der Waals surface area (Å²) < 4.78 is 34.4. The number of hydrogen-bond donors (Lipinski definition) is 2. The Morgan fingerprint density at radius 2 is 1.78 bits per heavy atom. The minimum absolute atomic E-state index is 0.0271. The molecule has 0 bridgehead atoms. The maximum Gasteiger partial charge on any atom is 0.403 e. The molecule has 56 valence electrons. The number of rotatable bonds is 2. The zero-order valence-electron chi connectivity index (χ0n) is 4.78. The molecule has 0 saturated heterocycles. The van der Waals surface area contributed by atoms with Gasteiger partial charge in [0.1, 0.15) is 6.04 Å². The van der Waals surface area contributed by atoms with E-state index in [9.17, 15) is 13.2 Å². The van der Waals surface area contributed by atoms with Crippen molar-refractivity contribution in [3.63, 3.8) is 0 Å². The normalized spacial score (nSPS) is 15.7. The second-order valence-electron chi connectivity index (χ2n) is 1.73. The summed E-state index contributed by atoms with van der Waals surface area (Å²) in [5.41, 5.74) is 9.50. The van der Waals surface area contributed by atoms with Crippen LogP contribution in [0.4, 0.5) is 13.2 Å². The summed E-state index contributed by atoms with van der Waals surface area (Å²) in [5, 5.41) is 0. The zero-order chi connectivity index (χ0) is 7.49. The molecular formula is C4H9F3N2. The van der Waals surface area contributed by atoms with Crippen LogP contribution in [0.15, 0.2) is 0 Å². The molecule has 0 aromatic carbocycles. The van der Waals surface area contributed by atoms with Gasteiger partial charge in [-0.15, -0.1) is 0 Å². The average molecular weight is 142 g/mol. The molecule has 1 unspecified atom stereocenters. The smallest absolute Gasteiger partial charge is 0.330 e. The first-order valence-electron chi connectivity index (χ1n) is 2.51. The van der Waals surface area contributed by atoms with Crippen molar-refractivity contribution in [1.82, 2.24) is 0 Å². The second kappa shape index (κ2) is 3.03. The topological polar surface area (TPSA) is 52.0 Å². The lowest BCUT2D eigenvalue weighted by Gasteiger charge is -2.13. The molecule has 0 aromatic rings. The molecule has 5 heteroatoms. The third kappa shape index (κ3) is 3.31. The standard InChI is InChI=1S/C4H9F3N2/c5-4(6,7)3(9)1-2-8/h3H,1-2,8-9H2. The number of nitrogens with two attached hydrogens (primary N) is 2. The Kier molecular flexibility index (Phi) is 2.93. The van der Waals surface area contributed by atoms with Gasteiger partial charge in [0.2, 0.25) is 0 Å². The van der Waals surface area contributed by atoms with Crippen molar-refractivity contribution in [3.05, 3.63) is 0 Å². The Labute approximate surface area is 51.0 Å². The Balaban J connectivity index is 3.59. The summed E-state index contributed by atoms with van der Waals surface area (Å²) in [6, 6.07) is -1.76. The van der Waals surface area contributed by atoms with E-state index < -0.39 is 12.2 Å². The quantitative estimate of drug-likeness (QED) is 0.579. The van der Waals surface area contributed by atoms with Gasteiger partial charge in [-0.05, 0) is 13.0 Å². The fraction of sp³-hybridized carbons (Fsp3) is 1.00. The molecule has 0 aliphatic heterocycles. The van der Waals surface area contributed by atoms with Gasteiger partial charge in [0, 0.05) is 0 Å². The Morgan fingerprint density at radius 1 is 1.33 bits per heavy atom. The van der Waals surface area contributed by atoms with Crippen molar-refractivity contribution >= 4 is 0 Å². The molecule has 0 radical (unpaired) electrons. The van der Waals surface area contributed by atoms with Crippen molar-refractivity contribution in [1.29, 1.82) is 0 Å². The van der Waals surface area contributed by atoms with Gasteiger partial charge in [0.05, 0.1) is 0 Å².